The van der Waals surface area contributed by atoms with Crippen LogP contribution in [0.5, 0.6) is 0 Å². The van der Waals surface area contributed by atoms with Gasteiger partial charge < -0.3 is 14.5 Å². The highest BCUT2D eigenvalue weighted by Crippen LogP contribution is 2.18. The van der Waals surface area contributed by atoms with E-state index in [2.05, 4.69) is 41.2 Å². The molecule has 0 aliphatic carbocycles. The zero-order valence-electron chi connectivity index (χ0n) is 12.7. The predicted molar refractivity (Wildman–Crippen MR) is 84.2 cm³/mol. The fourth-order valence-corrected chi connectivity index (χ4v) is 2.84. The molecule has 1 atom stereocenters. The monoisotopic (exact) mass is 288 g/mol. The van der Waals surface area contributed by atoms with Crippen molar-refractivity contribution in [2.45, 2.75) is 32.1 Å². The van der Waals surface area contributed by atoms with E-state index in [1.807, 2.05) is 6.20 Å². The minimum Gasteiger partial charge on any atom is -0.361 e. The van der Waals surface area contributed by atoms with Crippen molar-refractivity contribution in [3.63, 3.8) is 0 Å². The van der Waals surface area contributed by atoms with Crippen molar-refractivity contribution < 1.29 is 9.47 Å². The maximum atomic E-state index is 5.79. The van der Waals surface area contributed by atoms with Gasteiger partial charge in [-0.05, 0) is 44.0 Å². The molecule has 1 aromatic heterocycles. The van der Waals surface area contributed by atoms with Crippen molar-refractivity contribution in [3.05, 3.63) is 36.0 Å². The molecule has 2 aromatic rings. The van der Waals surface area contributed by atoms with Gasteiger partial charge in [0, 0.05) is 36.8 Å². The Morgan fingerprint density at radius 2 is 2.29 bits per heavy atom. The Labute approximate surface area is 126 Å². The van der Waals surface area contributed by atoms with Crippen LogP contribution in [-0.2, 0) is 16.0 Å². The van der Waals surface area contributed by atoms with Gasteiger partial charge in [-0.3, -0.25) is 4.90 Å². The number of hydrogen-bond acceptors (Lipinski definition) is 3. The molecule has 0 bridgehead atoms. The van der Waals surface area contributed by atoms with E-state index in [1.54, 1.807) is 0 Å². The Morgan fingerprint density at radius 3 is 3.14 bits per heavy atom. The van der Waals surface area contributed by atoms with E-state index < -0.39 is 0 Å². The number of ether oxygens (including phenoxy) is 2. The summed E-state index contributed by atoms with van der Waals surface area (Å²) in [7, 11) is 2.14. The molecular weight excluding hydrogens is 264 g/mol. The zero-order valence-corrected chi connectivity index (χ0v) is 12.7. The molecule has 0 saturated carbocycles. The van der Waals surface area contributed by atoms with Gasteiger partial charge in [0.25, 0.3) is 0 Å². The second-order valence-electron chi connectivity index (χ2n) is 5.76. The van der Waals surface area contributed by atoms with Gasteiger partial charge >= 0.3 is 0 Å². The third-order valence-electron chi connectivity index (χ3n) is 4.04. The predicted octanol–water partition coefficient (Wildman–Crippen LogP) is 3.14. The van der Waals surface area contributed by atoms with E-state index >= 15 is 0 Å². The summed E-state index contributed by atoms with van der Waals surface area (Å²) in [4.78, 5) is 5.56. The molecule has 3 rings (SSSR count). The summed E-state index contributed by atoms with van der Waals surface area (Å²) >= 11 is 0. The fourth-order valence-electron chi connectivity index (χ4n) is 2.84. The first-order valence-electron chi connectivity index (χ1n) is 7.79. The molecule has 0 radical (unpaired) electrons. The number of fused-ring (bicyclic) bond motifs is 1. The standard InChI is InChI=1S/C17H24N2O2/c1-19(10-12-21-17-7-2-3-11-20-17)13-14-5-4-6-16-15(14)8-9-18-16/h4-6,8-9,17-18H,2-3,7,10-13H2,1H3/t17-/m0/s1. The molecular formula is C17H24N2O2. The molecule has 1 N–H and O–H groups in total. The molecule has 21 heavy (non-hydrogen) atoms. The van der Waals surface area contributed by atoms with Crippen LogP contribution >= 0.6 is 0 Å². The Kier molecular flexibility index (Phi) is 4.91. The lowest BCUT2D eigenvalue weighted by atomic mass is 10.1. The van der Waals surface area contributed by atoms with Gasteiger partial charge in [-0.25, -0.2) is 0 Å². The summed E-state index contributed by atoms with van der Waals surface area (Å²) in [5.41, 5.74) is 2.55. The average molecular weight is 288 g/mol. The number of aromatic nitrogens is 1. The topological polar surface area (TPSA) is 37.5 Å². The Hall–Kier alpha value is -1.36. The number of benzene rings is 1. The number of nitrogens with zero attached hydrogens (tertiary/aromatic N) is 1. The van der Waals surface area contributed by atoms with Crippen LogP contribution in [0.4, 0.5) is 0 Å². The molecule has 1 saturated heterocycles. The molecule has 1 aromatic carbocycles. The number of H-pyrrole nitrogens is 1. The fraction of sp³-hybridized carbons (Fsp3) is 0.529. The van der Waals surface area contributed by atoms with Gasteiger partial charge in [0.1, 0.15) is 0 Å². The summed E-state index contributed by atoms with van der Waals surface area (Å²) in [6.07, 6.45) is 5.43. The van der Waals surface area contributed by atoms with Crippen molar-refractivity contribution in [2.75, 3.05) is 26.8 Å². The van der Waals surface area contributed by atoms with Gasteiger partial charge in [-0.1, -0.05) is 12.1 Å². The SMILES string of the molecule is CN(CCO[C@H]1CCCCO1)Cc1cccc2[nH]ccc12. The van der Waals surface area contributed by atoms with E-state index in [0.717, 1.165) is 32.7 Å². The number of nitrogens with one attached hydrogen (secondary N) is 1. The number of likely N-dealkylation sites (N-methyl/N-ethyl adjacent to an activating group) is 1. The van der Waals surface area contributed by atoms with Crippen molar-refractivity contribution in [1.29, 1.82) is 0 Å². The third-order valence-corrected chi connectivity index (χ3v) is 4.04. The number of hydrogen-bond donors (Lipinski definition) is 1. The molecule has 114 valence electrons. The molecule has 4 nitrogen and oxygen atoms in total. The lowest BCUT2D eigenvalue weighted by molar-refractivity contribution is -0.163. The van der Waals surface area contributed by atoms with Crippen LogP contribution < -0.4 is 0 Å². The molecule has 1 fully saturated rings. The van der Waals surface area contributed by atoms with Crippen molar-refractivity contribution in [2.24, 2.45) is 0 Å². The Bertz CT molecular complexity index is 561. The zero-order chi connectivity index (χ0) is 14.5. The Balaban J connectivity index is 1.47. The molecule has 2 heterocycles. The summed E-state index contributed by atoms with van der Waals surface area (Å²) < 4.78 is 11.4. The molecule has 1 aliphatic heterocycles. The van der Waals surface area contributed by atoms with Gasteiger partial charge in [-0.2, -0.15) is 0 Å². The van der Waals surface area contributed by atoms with Gasteiger partial charge in [-0.15, -0.1) is 0 Å². The maximum absolute atomic E-state index is 5.79. The smallest absolute Gasteiger partial charge is 0.157 e. The maximum Gasteiger partial charge on any atom is 0.157 e. The van der Waals surface area contributed by atoms with E-state index in [1.165, 1.54) is 29.3 Å². The van der Waals surface area contributed by atoms with E-state index in [0.29, 0.717) is 0 Å². The second-order valence-corrected chi connectivity index (χ2v) is 5.76. The van der Waals surface area contributed by atoms with Crippen LogP contribution in [0.3, 0.4) is 0 Å². The molecule has 1 aliphatic rings. The molecule has 0 unspecified atom stereocenters. The van der Waals surface area contributed by atoms with Crippen molar-refractivity contribution in [3.8, 4) is 0 Å². The molecule has 4 heteroatoms. The second kappa shape index (κ2) is 7.07. The lowest BCUT2D eigenvalue weighted by Crippen LogP contribution is -2.28. The van der Waals surface area contributed by atoms with Gasteiger partial charge in [0.2, 0.25) is 0 Å². The van der Waals surface area contributed by atoms with Crippen LogP contribution in [0.2, 0.25) is 0 Å². The Morgan fingerprint density at radius 1 is 1.33 bits per heavy atom. The van der Waals surface area contributed by atoms with E-state index in [-0.39, 0.29) is 6.29 Å². The first kappa shape index (κ1) is 14.6. The van der Waals surface area contributed by atoms with Gasteiger partial charge in [0.05, 0.1) is 6.61 Å². The normalized spacial score (nSPS) is 19.4. The summed E-state index contributed by atoms with van der Waals surface area (Å²) in [5.74, 6) is 0. The number of aromatic amines is 1. The highest BCUT2D eigenvalue weighted by Gasteiger charge is 2.14. The highest BCUT2D eigenvalue weighted by atomic mass is 16.7. The largest absolute Gasteiger partial charge is 0.361 e. The van der Waals surface area contributed by atoms with E-state index in [9.17, 15) is 0 Å². The summed E-state index contributed by atoms with van der Waals surface area (Å²) in [6.45, 7) is 3.42. The van der Waals surface area contributed by atoms with Crippen LogP contribution in [0, 0.1) is 0 Å². The molecule has 0 spiro atoms. The lowest BCUT2D eigenvalue weighted by Gasteiger charge is -2.24. The highest BCUT2D eigenvalue weighted by molar-refractivity contribution is 5.82. The van der Waals surface area contributed by atoms with Crippen LogP contribution in [-0.4, -0.2) is 43.0 Å². The first-order chi connectivity index (χ1) is 10.3. The van der Waals surface area contributed by atoms with Crippen LogP contribution in [0.25, 0.3) is 10.9 Å². The molecule has 0 amide bonds. The average Bonchev–Trinajstić information content (AvgIpc) is 2.98. The van der Waals surface area contributed by atoms with Crippen molar-refractivity contribution in [1.82, 2.24) is 9.88 Å². The summed E-state index contributed by atoms with van der Waals surface area (Å²) in [6, 6.07) is 8.55. The van der Waals surface area contributed by atoms with Crippen LogP contribution in [0.1, 0.15) is 24.8 Å². The first-order valence-corrected chi connectivity index (χ1v) is 7.79. The van der Waals surface area contributed by atoms with E-state index in [4.69, 9.17) is 9.47 Å². The van der Waals surface area contributed by atoms with Crippen LogP contribution in [0.15, 0.2) is 30.5 Å². The quantitative estimate of drug-likeness (QED) is 0.887. The minimum absolute atomic E-state index is 0.0141. The van der Waals surface area contributed by atoms with Gasteiger partial charge in [0.15, 0.2) is 6.29 Å². The minimum atomic E-state index is 0.0141. The third kappa shape index (κ3) is 3.84. The van der Waals surface area contributed by atoms with Crippen molar-refractivity contribution >= 4 is 10.9 Å². The summed E-state index contributed by atoms with van der Waals surface area (Å²) in [5, 5.41) is 1.31. The number of rotatable bonds is 6.